The van der Waals surface area contributed by atoms with E-state index < -0.39 is 16.9 Å². The van der Waals surface area contributed by atoms with Gasteiger partial charge in [0.1, 0.15) is 0 Å². The molecule has 0 aliphatic carbocycles. The Bertz CT molecular complexity index is 325. The zero-order chi connectivity index (χ0) is 10.8. The average Bonchev–Trinajstić information content (AvgIpc) is 2.07. The van der Waals surface area contributed by atoms with Crippen molar-refractivity contribution in [2.75, 3.05) is 6.54 Å². The number of halogens is 4. The Balaban J connectivity index is 3.09. The highest BCUT2D eigenvalue weighted by molar-refractivity contribution is 6.31. The Labute approximate surface area is 83.9 Å². The highest BCUT2D eigenvalue weighted by Crippen LogP contribution is 2.32. The Kier molecular flexibility index (Phi) is 3.34. The van der Waals surface area contributed by atoms with Crippen LogP contribution < -0.4 is 5.73 Å². The third kappa shape index (κ3) is 2.59. The molecule has 1 aromatic heterocycles. The molecule has 0 spiro atoms. The minimum absolute atomic E-state index is 0.256. The van der Waals surface area contributed by atoms with Gasteiger partial charge in [0.05, 0.1) is 5.02 Å². The molecule has 1 aromatic rings. The van der Waals surface area contributed by atoms with Gasteiger partial charge in [0.15, 0.2) is 5.69 Å². The normalized spacial score (nSPS) is 11.8. The summed E-state index contributed by atoms with van der Waals surface area (Å²) in [6.07, 6.45) is -4.21. The van der Waals surface area contributed by atoms with Crippen molar-refractivity contribution in [1.29, 1.82) is 0 Å². The van der Waals surface area contributed by atoms with Crippen LogP contribution in [-0.2, 0) is 12.6 Å². The molecule has 0 aromatic carbocycles. The van der Waals surface area contributed by atoms with E-state index in [-0.39, 0.29) is 6.54 Å². The quantitative estimate of drug-likeness (QED) is 0.837. The first-order chi connectivity index (χ1) is 6.45. The number of nitrogens with two attached hydrogens (primary N) is 1. The van der Waals surface area contributed by atoms with Crippen molar-refractivity contribution in [3.8, 4) is 0 Å². The highest BCUT2D eigenvalue weighted by Gasteiger charge is 2.35. The molecule has 0 aliphatic heterocycles. The van der Waals surface area contributed by atoms with Crippen LogP contribution in [0.3, 0.4) is 0 Å². The molecular weight excluding hydrogens is 217 g/mol. The lowest BCUT2D eigenvalue weighted by atomic mass is 10.2. The van der Waals surface area contributed by atoms with Gasteiger partial charge in [-0.25, -0.2) is 4.98 Å². The van der Waals surface area contributed by atoms with Crippen LogP contribution in [0.1, 0.15) is 11.4 Å². The lowest BCUT2D eigenvalue weighted by molar-refractivity contribution is -0.141. The lowest BCUT2D eigenvalue weighted by Gasteiger charge is -2.09. The molecule has 0 atom stereocenters. The summed E-state index contributed by atoms with van der Waals surface area (Å²) in [4.78, 5) is 3.40. The predicted octanol–water partition coefficient (Wildman–Crippen LogP) is 2.25. The summed E-state index contributed by atoms with van der Waals surface area (Å²) >= 11 is 5.37. The van der Waals surface area contributed by atoms with E-state index in [0.717, 1.165) is 0 Å². The summed E-state index contributed by atoms with van der Waals surface area (Å²) in [6.45, 7) is 0.256. The number of aromatic nitrogens is 1. The predicted molar refractivity (Wildman–Crippen MR) is 47.0 cm³/mol. The second-order valence-electron chi connectivity index (χ2n) is 2.67. The number of hydrogen-bond acceptors (Lipinski definition) is 2. The maximum atomic E-state index is 12.3. The fraction of sp³-hybridized carbons (Fsp3) is 0.375. The second kappa shape index (κ2) is 4.14. The topological polar surface area (TPSA) is 38.9 Å². The van der Waals surface area contributed by atoms with Gasteiger partial charge >= 0.3 is 6.18 Å². The highest BCUT2D eigenvalue weighted by atomic mass is 35.5. The minimum atomic E-state index is -4.51. The third-order valence-electron chi connectivity index (χ3n) is 1.57. The van der Waals surface area contributed by atoms with Crippen molar-refractivity contribution in [2.45, 2.75) is 12.6 Å². The van der Waals surface area contributed by atoms with Crippen LogP contribution >= 0.6 is 11.6 Å². The molecule has 14 heavy (non-hydrogen) atoms. The fourth-order valence-electron chi connectivity index (χ4n) is 0.968. The third-order valence-corrected chi connectivity index (χ3v) is 1.88. The molecule has 2 N–H and O–H groups in total. The zero-order valence-corrected chi connectivity index (χ0v) is 7.86. The molecule has 0 radical (unpaired) electrons. The van der Waals surface area contributed by atoms with E-state index in [1.807, 2.05) is 0 Å². The Morgan fingerprint density at radius 1 is 1.36 bits per heavy atom. The molecule has 0 saturated carbocycles. The molecule has 2 nitrogen and oxygen atoms in total. The molecule has 6 heteroatoms. The van der Waals surface area contributed by atoms with Gasteiger partial charge in [-0.05, 0) is 18.7 Å². The molecular formula is C8H8ClF3N2. The van der Waals surface area contributed by atoms with Crippen molar-refractivity contribution >= 4 is 11.6 Å². The second-order valence-corrected chi connectivity index (χ2v) is 3.08. The van der Waals surface area contributed by atoms with Crippen molar-refractivity contribution < 1.29 is 13.2 Å². The minimum Gasteiger partial charge on any atom is -0.330 e. The summed E-state index contributed by atoms with van der Waals surface area (Å²) in [5.41, 5.74) is 4.45. The van der Waals surface area contributed by atoms with Crippen LogP contribution in [0.25, 0.3) is 0 Å². The van der Waals surface area contributed by atoms with Crippen LogP contribution in [0.15, 0.2) is 12.1 Å². The first kappa shape index (κ1) is 11.3. The fourth-order valence-corrected chi connectivity index (χ4v) is 1.18. The van der Waals surface area contributed by atoms with E-state index in [0.29, 0.717) is 12.1 Å². The van der Waals surface area contributed by atoms with Crippen LogP contribution in [-0.4, -0.2) is 11.5 Å². The van der Waals surface area contributed by atoms with Gasteiger partial charge in [-0.15, -0.1) is 0 Å². The number of nitrogens with zero attached hydrogens (tertiary/aromatic N) is 1. The SMILES string of the molecule is NCCc1ccc(Cl)c(C(F)(F)F)n1. The molecule has 1 heterocycles. The van der Waals surface area contributed by atoms with E-state index in [9.17, 15) is 13.2 Å². The van der Waals surface area contributed by atoms with Crippen molar-refractivity contribution in [3.05, 3.63) is 28.5 Å². The zero-order valence-electron chi connectivity index (χ0n) is 7.11. The number of pyridine rings is 1. The van der Waals surface area contributed by atoms with E-state index in [4.69, 9.17) is 17.3 Å². The smallest absolute Gasteiger partial charge is 0.330 e. The summed E-state index contributed by atoms with van der Waals surface area (Å²) in [5.74, 6) is 0. The molecule has 0 amide bonds. The first-order valence-electron chi connectivity index (χ1n) is 3.88. The Hall–Kier alpha value is -0.810. The van der Waals surface area contributed by atoms with Crippen LogP contribution in [0, 0.1) is 0 Å². The largest absolute Gasteiger partial charge is 0.434 e. The summed E-state index contributed by atoms with van der Waals surface area (Å²) in [6, 6.07) is 2.62. The van der Waals surface area contributed by atoms with Gasteiger partial charge in [0, 0.05) is 12.1 Å². The summed E-state index contributed by atoms with van der Waals surface area (Å²) in [5, 5.41) is -0.390. The molecule has 0 bridgehead atoms. The van der Waals surface area contributed by atoms with Gasteiger partial charge < -0.3 is 5.73 Å². The van der Waals surface area contributed by atoms with Crippen molar-refractivity contribution in [2.24, 2.45) is 5.73 Å². The van der Waals surface area contributed by atoms with Gasteiger partial charge in [-0.3, -0.25) is 0 Å². The van der Waals surface area contributed by atoms with Gasteiger partial charge in [-0.2, -0.15) is 13.2 Å². The van der Waals surface area contributed by atoms with Gasteiger partial charge in [-0.1, -0.05) is 11.6 Å². The number of hydrogen-bond donors (Lipinski definition) is 1. The van der Waals surface area contributed by atoms with Crippen LogP contribution in [0.5, 0.6) is 0 Å². The van der Waals surface area contributed by atoms with Crippen molar-refractivity contribution in [1.82, 2.24) is 4.98 Å². The van der Waals surface area contributed by atoms with Crippen molar-refractivity contribution in [3.63, 3.8) is 0 Å². The number of rotatable bonds is 2. The summed E-state index contributed by atoms with van der Waals surface area (Å²) < 4.78 is 36.9. The standard InChI is InChI=1S/C8H8ClF3N2/c9-6-2-1-5(3-4-13)14-7(6)8(10,11)12/h1-2H,3-4,13H2. The van der Waals surface area contributed by atoms with Crippen LogP contribution in [0.2, 0.25) is 5.02 Å². The molecule has 1 rings (SSSR count). The monoisotopic (exact) mass is 224 g/mol. The van der Waals surface area contributed by atoms with E-state index in [1.165, 1.54) is 12.1 Å². The average molecular weight is 225 g/mol. The van der Waals surface area contributed by atoms with Gasteiger partial charge in [0.25, 0.3) is 0 Å². The first-order valence-corrected chi connectivity index (χ1v) is 4.25. The maximum Gasteiger partial charge on any atom is 0.434 e. The Morgan fingerprint density at radius 3 is 2.50 bits per heavy atom. The number of alkyl halides is 3. The molecule has 0 saturated heterocycles. The molecule has 0 unspecified atom stereocenters. The Morgan fingerprint density at radius 2 is 2.00 bits per heavy atom. The lowest BCUT2D eigenvalue weighted by Crippen LogP contribution is -2.12. The molecule has 0 aliphatic rings. The van der Waals surface area contributed by atoms with E-state index in [1.54, 1.807) is 0 Å². The maximum absolute atomic E-state index is 12.3. The van der Waals surface area contributed by atoms with E-state index in [2.05, 4.69) is 4.98 Å². The van der Waals surface area contributed by atoms with Crippen LogP contribution in [0.4, 0.5) is 13.2 Å². The van der Waals surface area contributed by atoms with E-state index >= 15 is 0 Å². The molecule has 0 fully saturated rings. The van der Waals surface area contributed by atoms with Gasteiger partial charge in [0.2, 0.25) is 0 Å². The summed E-state index contributed by atoms with van der Waals surface area (Å²) in [7, 11) is 0. The molecule has 78 valence electrons.